The van der Waals surface area contributed by atoms with Crippen LogP contribution in [0.15, 0.2) is 30.3 Å². The first kappa shape index (κ1) is 13.3. The SMILES string of the molecule is CCOC(NC(=O)c1ccccc1)C(Cl)Cl. The van der Waals surface area contributed by atoms with Gasteiger partial charge in [0.2, 0.25) is 0 Å². The van der Waals surface area contributed by atoms with Crippen LogP contribution < -0.4 is 5.32 Å². The van der Waals surface area contributed by atoms with Crippen LogP contribution in [0.25, 0.3) is 0 Å². The highest BCUT2D eigenvalue weighted by molar-refractivity contribution is 6.44. The third-order valence-corrected chi connectivity index (χ3v) is 2.34. The highest BCUT2D eigenvalue weighted by Crippen LogP contribution is 2.10. The second kappa shape index (κ2) is 6.74. The maximum Gasteiger partial charge on any atom is 0.253 e. The summed E-state index contributed by atoms with van der Waals surface area (Å²) in [6.45, 7) is 2.23. The molecule has 3 nitrogen and oxygen atoms in total. The Labute approximate surface area is 105 Å². The van der Waals surface area contributed by atoms with Gasteiger partial charge in [0.25, 0.3) is 5.91 Å². The largest absolute Gasteiger partial charge is 0.356 e. The van der Waals surface area contributed by atoms with Crippen molar-refractivity contribution in [3.8, 4) is 0 Å². The fourth-order valence-corrected chi connectivity index (χ4v) is 1.43. The Morgan fingerprint density at radius 1 is 1.38 bits per heavy atom. The van der Waals surface area contributed by atoms with E-state index in [0.717, 1.165) is 0 Å². The van der Waals surface area contributed by atoms with Crippen molar-refractivity contribution in [2.24, 2.45) is 0 Å². The van der Waals surface area contributed by atoms with Crippen molar-refractivity contribution in [1.82, 2.24) is 5.32 Å². The van der Waals surface area contributed by atoms with Gasteiger partial charge in [-0.15, -0.1) is 23.2 Å². The predicted molar refractivity (Wildman–Crippen MR) is 64.8 cm³/mol. The predicted octanol–water partition coefficient (Wildman–Crippen LogP) is 2.58. The van der Waals surface area contributed by atoms with Gasteiger partial charge < -0.3 is 10.1 Å². The second-order valence-corrected chi connectivity index (χ2v) is 4.21. The van der Waals surface area contributed by atoms with E-state index in [4.69, 9.17) is 27.9 Å². The Kier molecular flexibility index (Phi) is 5.60. The minimum atomic E-state index is -0.799. The number of carbonyl (C=O) groups excluding carboxylic acids is 1. The molecule has 0 aliphatic heterocycles. The highest BCUT2D eigenvalue weighted by atomic mass is 35.5. The van der Waals surface area contributed by atoms with Crippen LogP contribution >= 0.6 is 23.2 Å². The minimum Gasteiger partial charge on any atom is -0.356 e. The first-order valence-corrected chi connectivity index (χ1v) is 5.78. The van der Waals surface area contributed by atoms with Crippen molar-refractivity contribution < 1.29 is 9.53 Å². The average molecular weight is 262 g/mol. The molecule has 0 fully saturated rings. The molecule has 0 aliphatic carbocycles. The van der Waals surface area contributed by atoms with E-state index in [1.165, 1.54) is 0 Å². The molecule has 1 aromatic rings. The molecule has 0 aliphatic rings. The lowest BCUT2D eigenvalue weighted by molar-refractivity contribution is 0.0419. The summed E-state index contributed by atoms with van der Waals surface area (Å²) in [7, 11) is 0. The van der Waals surface area contributed by atoms with Crippen molar-refractivity contribution in [2.75, 3.05) is 6.61 Å². The molecule has 0 spiro atoms. The number of alkyl halides is 2. The summed E-state index contributed by atoms with van der Waals surface area (Å²) < 4.78 is 5.20. The van der Waals surface area contributed by atoms with Crippen LogP contribution in [-0.2, 0) is 4.74 Å². The lowest BCUT2D eigenvalue weighted by Gasteiger charge is -2.19. The standard InChI is InChI=1S/C11H13Cl2NO2/c1-2-16-11(9(12)13)14-10(15)8-6-4-3-5-7-8/h3-7,9,11H,2H2,1H3,(H,14,15). The third kappa shape index (κ3) is 4.00. The number of halogens is 2. The topological polar surface area (TPSA) is 38.3 Å². The van der Waals surface area contributed by atoms with E-state index in [2.05, 4.69) is 5.32 Å². The molecule has 1 amide bonds. The number of benzene rings is 1. The summed E-state index contributed by atoms with van der Waals surface area (Å²) in [5.74, 6) is -0.259. The summed E-state index contributed by atoms with van der Waals surface area (Å²) in [4.78, 5) is 10.9. The molecular weight excluding hydrogens is 249 g/mol. The monoisotopic (exact) mass is 261 g/mol. The molecular formula is C11H13Cl2NO2. The van der Waals surface area contributed by atoms with Crippen LogP contribution in [0.4, 0.5) is 0 Å². The number of ether oxygens (including phenoxy) is 1. The Morgan fingerprint density at radius 3 is 2.50 bits per heavy atom. The van der Waals surface area contributed by atoms with E-state index in [-0.39, 0.29) is 5.91 Å². The highest BCUT2D eigenvalue weighted by Gasteiger charge is 2.19. The quantitative estimate of drug-likeness (QED) is 0.654. The van der Waals surface area contributed by atoms with Gasteiger partial charge in [0.05, 0.1) is 0 Å². The number of hydrogen-bond donors (Lipinski definition) is 1. The van der Waals surface area contributed by atoms with Gasteiger partial charge in [-0.25, -0.2) is 0 Å². The summed E-state index contributed by atoms with van der Waals surface area (Å²) >= 11 is 11.4. The Morgan fingerprint density at radius 2 is 2.00 bits per heavy atom. The molecule has 0 radical (unpaired) electrons. The number of hydrogen-bond acceptors (Lipinski definition) is 2. The van der Waals surface area contributed by atoms with Gasteiger partial charge in [0, 0.05) is 12.2 Å². The van der Waals surface area contributed by atoms with Crippen molar-refractivity contribution in [1.29, 1.82) is 0 Å². The molecule has 5 heteroatoms. The van der Waals surface area contributed by atoms with Gasteiger partial charge >= 0.3 is 0 Å². The zero-order chi connectivity index (χ0) is 12.0. The van der Waals surface area contributed by atoms with Crippen LogP contribution in [0.2, 0.25) is 0 Å². The van der Waals surface area contributed by atoms with Crippen LogP contribution in [0.3, 0.4) is 0 Å². The van der Waals surface area contributed by atoms with E-state index < -0.39 is 11.1 Å². The summed E-state index contributed by atoms with van der Waals surface area (Å²) in [6.07, 6.45) is -0.693. The molecule has 0 bridgehead atoms. The van der Waals surface area contributed by atoms with Crippen LogP contribution in [0, 0.1) is 0 Å². The summed E-state index contributed by atoms with van der Waals surface area (Å²) in [5, 5.41) is 2.61. The van der Waals surface area contributed by atoms with Gasteiger partial charge in [-0.2, -0.15) is 0 Å². The van der Waals surface area contributed by atoms with E-state index in [1.807, 2.05) is 6.07 Å². The lowest BCUT2D eigenvalue weighted by atomic mass is 10.2. The summed E-state index contributed by atoms with van der Waals surface area (Å²) in [6, 6.07) is 8.81. The molecule has 1 atom stereocenters. The number of amides is 1. The fourth-order valence-electron chi connectivity index (χ4n) is 1.16. The zero-order valence-electron chi connectivity index (χ0n) is 8.82. The van der Waals surface area contributed by atoms with Crippen LogP contribution in [-0.4, -0.2) is 23.6 Å². The fraction of sp³-hybridized carbons (Fsp3) is 0.364. The molecule has 0 aromatic heterocycles. The number of nitrogens with one attached hydrogen (secondary N) is 1. The molecule has 0 saturated heterocycles. The maximum atomic E-state index is 11.7. The maximum absolute atomic E-state index is 11.7. The summed E-state index contributed by atoms with van der Waals surface area (Å²) in [5.41, 5.74) is 0.543. The molecule has 0 heterocycles. The Hall–Kier alpha value is -0.770. The molecule has 1 rings (SSSR count). The van der Waals surface area contributed by atoms with Gasteiger partial charge in [-0.05, 0) is 19.1 Å². The third-order valence-electron chi connectivity index (χ3n) is 1.88. The Bertz CT molecular complexity index is 330. The molecule has 1 aromatic carbocycles. The number of rotatable bonds is 5. The van der Waals surface area contributed by atoms with Gasteiger partial charge in [-0.3, -0.25) is 4.79 Å². The van der Waals surface area contributed by atoms with Crippen molar-refractivity contribution >= 4 is 29.1 Å². The number of carbonyl (C=O) groups is 1. The molecule has 0 saturated carbocycles. The first-order valence-electron chi connectivity index (χ1n) is 4.90. The van der Waals surface area contributed by atoms with Crippen molar-refractivity contribution in [2.45, 2.75) is 18.0 Å². The Balaban J connectivity index is 2.62. The second-order valence-electron chi connectivity index (χ2n) is 3.05. The van der Waals surface area contributed by atoms with E-state index in [9.17, 15) is 4.79 Å². The minimum absolute atomic E-state index is 0.259. The molecule has 88 valence electrons. The van der Waals surface area contributed by atoms with Crippen LogP contribution in [0.5, 0.6) is 0 Å². The smallest absolute Gasteiger partial charge is 0.253 e. The van der Waals surface area contributed by atoms with Crippen LogP contribution in [0.1, 0.15) is 17.3 Å². The van der Waals surface area contributed by atoms with E-state index >= 15 is 0 Å². The molecule has 16 heavy (non-hydrogen) atoms. The lowest BCUT2D eigenvalue weighted by Crippen LogP contribution is -2.41. The van der Waals surface area contributed by atoms with E-state index in [0.29, 0.717) is 12.2 Å². The van der Waals surface area contributed by atoms with Gasteiger partial charge in [-0.1, -0.05) is 18.2 Å². The van der Waals surface area contributed by atoms with Gasteiger partial charge in [0.1, 0.15) is 0 Å². The first-order chi connectivity index (χ1) is 7.65. The molecule has 1 N–H and O–H groups in total. The van der Waals surface area contributed by atoms with Crippen molar-refractivity contribution in [3.05, 3.63) is 35.9 Å². The van der Waals surface area contributed by atoms with Gasteiger partial charge in [0.15, 0.2) is 11.1 Å². The van der Waals surface area contributed by atoms with E-state index in [1.54, 1.807) is 31.2 Å². The molecule has 1 unspecified atom stereocenters. The van der Waals surface area contributed by atoms with Crippen molar-refractivity contribution in [3.63, 3.8) is 0 Å². The zero-order valence-corrected chi connectivity index (χ0v) is 10.3. The average Bonchev–Trinajstić information content (AvgIpc) is 2.29. The normalized spacial score (nSPS) is 12.5.